The van der Waals surface area contributed by atoms with Crippen LogP contribution in [0.2, 0.25) is 0 Å². The van der Waals surface area contributed by atoms with Gasteiger partial charge in [-0.3, -0.25) is 9.48 Å². The number of rotatable bonds is 5. The van der Waals surface area contributed by atoms with E-state index in [1.807, 2.05) is 27.8 Å². The molecule has 0 fully saturated rings. The van der Waals surface area contributed by atoms with Gasteiger partial charge in [-0.15, -0.1) is 0 Å². The van der Waals surface area contributed by atoms with Crippen LogP contribution in [0.4, 0.5) is 0 Å². The molecule has 130 valence electrons. The third-order valence-corrected chi connectivity index (χ3v) is 5.01. The number of benzene rings is 1. The molecule has 1 amide bonds. The SMILES string of the molecule is Cc1nn(C)c(C)c1CC(=O)N[C@@H](C)c1ccc(S(N)(=O)=O)cc1. The van der Waals surface area contributed by atoms with Crippen LogP contribution in [0.3, 0.4) is 0 Å². The minimum atomic E-state index is -3.71. The van der Waals surface area contributed by atoms with Crippen molar-refractivity contribution >= 4 is 15.9 Å². The lowest BCUT2D eigenvalue weighted by molar-refractivity contribution is -0.121. The number of nitrogens with zero attached hydrogens (tertiary/aromatic N) is 2. The summed E-state index contributed by atoms with van der Waals surface area (Å²) in [4.78, 5) is 12.3. The molecule has 3 N–H and O–H groups in total. The molecule has 1 heterocycles. The van der Waals surface area contributed by atoms with Gasteiger partial charge in [0.15, 0.2) is 0 Å². The molecule has 0 aliphatic carbocycles. The molecule has 1 aromatic heterocycles. The third kappa shape index (κ3) is 4.01. The van der Waals surface area contributed by atoms with E-state index in [9.17, 15) is 13.2 Å². The van der Waals surface area contributed by atoms with Crippen LogP contribution in [0.5, 0.6) is 0 Å². The molecule has 0 spiro atoms. The summed E-state index contributed by atoms with van der Waals surface area (Å²) < 4.78 is 24.3. The molecular weight excluding hydrogens is 328 g/mol. The predicted molar refractivity (Wildman–Crippen MR) is 90.8 cm³/mol. The highest BCUT2D eigenvalue weighted by Crippen LogP contribution is 2.17. The van der Waals surface area contributed by atoms with Crippen molar-refractivity contribution in [3.05, 3.63) is 46.8 Å². The summed E-state index contributed by atoms with van der Waals surface area (Å²) in [7, 11) is -1.87. The molecule has 2 aromatic rings. The van der Waals surface area contributed by atoms with Crippen molar-refractivity contribution in [1.82, 2.24) is 15.1 Å². The van der Waals surface area contributed by atoms with Crippen LogP contribution in [0, 0.1) is 13.8 Å². The topological polar surface area (TPSA) is 107 Å². The summed E-state index contributed by atoms with van der Waals surface area (Å²) in [5, 5.41) is 12.3. The van der Waals surface area contributed by atoms with Crippen molar-refractivity contribution in [2.24, 2.45) is 12.2 Å². The number of hydrogen-bond donors (Lipinski definition) is 2. The van der Waals surface area contributed by atoms with Crippen LogP contribution in [0.25, 0.3) is 0 Å². The van der Waals surface area contributed by atoms with Gasteiger partial charge in [-0.05, 0) is 38.5 Å². The quantitative estimate of drug-likeness (QED) is 0.842. The second-order valence-electron chi connectivity index (χ2n) is 5.85. The van der Waals surface area contributed by atoms with Crippen LogP contribution < -0.4 is 10.5 Å². The summed E-state index contributed by atoms with van der Waals surface area (Å²) in [6.07, 6.45) is 0.255. The lowest BCUT2D eigenvalue weighted by atomic mass is 10.1. The molecule has 0 saturated heterocycles. The molecule has 0 saturated carbocycles. The van der Waals surface area contributed by atoms with Crippen LogP contribution in [-0.2, 0) is 28.3 Å². The van der Waals surface area contributed by atoms with E-state index in [-0.39, 0.29) is 23.3 Å². The maximum atomic E-state index is 12.3. The maximum absolute atomic E-state index is 12.3. The van der Waals surface area contributed by atoms with E-state index in [0.717, 1.165) is 22.5 Å². The molecule has 24 heavy (non-hydrogen) atoms. The number of hydrogen-bond acceptors (Lipinski definition) is 4. The highest BCUT2D eigenvalue weighted by atomic mass is 32.2. The zero-order valence-electron chi connectivity index (χ0n) is 14.2. The zero-order chi connectivity index (χ0) is 18.1. The molecule has 0 bridgehead atoms. The van der Waals surface area contributed by atoms with E-state index in [4.69, 9.17) is 5.14 Å². The number of primary sulfonamides is 1. The number of carbonyl (C=O) groups excluding carboxylic acids is 1. The van der Waals surface area contributed by atoms with Crippen LogP contribution in [0.1, 0.15) is 35.5 Å². The lowest BCUT2D eigenvalue weighted by Crippen LogP contribution is -2.28. The van der Waals surface area contributed by atoms with Gasteiger partial charge in [0.1, 0.15) is 0 Å². The Kier molecular flexibility index (Phi) is 5.10. The largest absolute Gasteiger partial charge is 0.349 e. The fourth-order valence-electron chi connectivity index (χ4n) is 2.56. The molecular formula is C16H22N4O3S. The van der Waals surface area contributed by atoms with Gasteiger partial charge in [0.2, 0.25) is 15.9 Å². The normalized spacial score (nSPS) is 12.9. The van der Waals surface area contributed by atoms with E-state index < -0.39 is 10.0 Å². The van der Waals surface area contributed by atoms with E-state index in [2.05, 4.69) is 10.4 Å². The van der Waals surface area contributed by atoms with E-state index in [1.54, 1.807) is 16.8 Å². The maximum Gasteiger partial charge on any atom is 0.238 e. The molecule has 0 unspecified atom stereocenters. The van der Waals surface area contributed by atoms with Gasteiger partial charge in [0.05, 0.1) is 23.1 Å². The molecule has 2 rings (SSSR count). The van der Waals surface area contributed by atoms with Gasteiger partial charge in [-0.25, -0.2) is 13.6 Å². The molecule has 0 aliphatic heterocycles. The first-order chi connectivity index (χ1) is 11.1. The number of nitrogens with one attached hydrogen (secondary N) is 1. The summed E-state index contributed by atoms with van der Waals surface area (Å²) in [6, 6.07) is 5.91. The van der Waals surface area contributed by atoms with Crippen LogP contribution in [-0.4, -0.2) is 24.1 Å². The van der Waals surface area contributed by atoms with Gasteiger partial charge in [0.25, 0.3) is 0 Å². The molecule has 0 radical (unpaired) electrons. The van der Waals surface area contributed by atoms with Crippen LogP contribution in [0.15, 0.2) is 29.2 Å². The third-order valence-electron chi connectivity index (χ3n) is 4.08. The van der Waals surface area contributed by atoms with Crippen molar-refractivity contribution in [3.63, 3.8) is 0 Å². The number of aromatic nitrogens is 2. The average Bonchev–Trinajstić information content (AvgIpc) is 2.73. The Hall–Kier alpha value is -2.19. The number of aryl methyl sites for hydroxylation is 2. The second-order valence-corrected chi connectivity index (χ2v) is 7.41. The summed E-state index contributed by atoms with van der Waals surface area (Å²) >= 11 is 0. The molecule has 1 atom stereocenters. The zero-order valence-corrected chi connectivity index (χ0v) is 15.0. The highest BCUT2D eigenvalue weighted by molar-refractivity contribution is 7.89. The summed E-state index contributed by atoms with van der Waals surface area (Å²) in [5.74, 6) is -0.114. The van der Waals surface area contributed by atoms with Crippen molar-refractivity contribution in [1.29, 1.82) is 0 Å². The Morgan fingerprint density at radius 1 is 1.29 bits per heavy atom. The number of nitrogens with two attached hydrogens (primary N) is 1. The number of carbonyl (C=O) groups is 1. The van der Waals surface area contributed by atoms with Crippen molar-refractivity contribution in [3.8, 4) is 0 Å². The first-order valence-electron chi connectivity index (χ1n) is 7.50. The monoisotopic (exact) mass is 350 g/mol. The number of amides is 1. The minimum absolute atomic E-state index is 0.0476. The van der Waals surface area contributed by atoms with Gasteiger partial charge in [-0.2, -0.15) is 5.10 Å². The molecule has 8 heteroatoms. The Labute approximate surface area is 141 Å². The minimum Gasteiger partial charge on any atom is -0.349 e. The highest BCUT2D eigenvalue weighted by Gasteiger charge is 2.16. The van der Waals surface area contributed by atoms with Crippen molar-refractivity contribution < 1.29 is 13.2 Å². The van der Waals surface area contributed by atoms with E-state index >= 15 is 0 Å². The van der Waals surface area contributed by atoms with Gasteiger partial charge >= 0.3 is 0 Å². The van der Waals surface area contributed by atoms with E-state index in [1.165, 1.54) is 12.1 Å². The predicted octanol–water partition coefficient (Wildman–Crippen LogP) is 1.10. The first kappa shape index (κ1) is 18.2. The lowest BCUT2D eigenvalue weighted by Gasteiger charge is -2.15. The smallest absolute Gasteiger partial charge is 0.238 e. The van der Waals surface area contributed by atoms with Gasteiger partial charge in [0, 0.05) is 18.3 Å². The van der Waals surface area contributed by atoms with Crippen molar-refractivity contribution in [2.75, 3.05) is 0 Å². The molecule has 1 aromatic carbocycles. The standard InChI is InChI=1S/C16H22N4O3S/c1-10(13-5-7-14(8-6-13)24(17,22)23)18-16(21)9-15-11(2)19-20(4)12(15)3/h5-8,10H,9H2,1-4H3,(H,18,21)(H2,17,22,23)/t10-/m0/s1. The van der Waals surface area contributed by atoms with Gasteiger partial charge in [-0.1, -0.05) is 12.1 Å². The number of sulfonamides is 1. The Morgan fingerprint density at radius 2 is 1.88 bits per heavy atom. The molecule has 0 aliphatic rings. The second kappa shape index (κ2) is 6.74. The summed E-state index contributed by atoms with van der Waals surface area (Å²) in [6.45, 7) is 5.65. The molecule has 7 nitrogen and oxygen atoms in total. The fraction of sp³-hybridized carbons (Fsp3) is 0.375. The Balaban J connectivity index is 2.06. The summed E-state index contributed by atoms with van der Waals surface area (Å²) in [5.41, 5.74) is 3.53. The van der Waals surface area contributed by atoms with Crippen LogP contribution >= 0.6 is 0 Å². The first-order valence-corrected chi connectivity index (χ1v) is 9.05. The fourth-order valence-corrected chi connectivity index (χ4v) is 3.07. The average molecular weight is 350 g/mol. The van der Waals surface area contributed by atoms with Gasteiger partial charge < -0.3 is 5.32 Å². The van der Waals surface area contributed by atoms with E-state index in [0.29, 0.717) is 0 Å². The Bertz CT molecular complexity index is 854. The Morgan fingerprint density at radius 3 is 2.33 bits per heavy atom. The van der Waals surface area contributed by atoms with Crippen molar-refractivity contribution in [2.45, 2.75) is 38.1 Å².